The zero-order chi connectivity index (χ0) is 10.8. The van der Waals surface area contributed by atoms with Gasteiger partial charge in [0.1, 0.15) is 0 Å². The van der Waals surface area contributed by atoms with Gasteiger partial charge in [-0.25, -0.2) is 0 Å². The first kappa shape index (κ1) is 12.6. The first-order valence-electron chi connectivity index (χ1n) is 5.94. The average Bonchev–Trinajstić information content (AvgIpc) is 2.50. The van der Waals surface area contributed by atoms with E-state index in [9.17, 15) is 0 Å². The van der Waals surface area contributed by atoms with Gasteiger partial charge in [-0.1, -0.05) is 0 Å². The van der Waals surface area contributed by atoms with Gasteiger partial charge >= 0.3 is 99.6 Å². The van der Waals surface area contributed by atoms with E-state index in [0.717, 1.165) is 0 Å². The molecule has 74 valence electrons. The molecule has 0 nitrogen and oxygen atoms in total. The number of hydrogen-bond acceptors (Lipinski definition) is 0. The van der Waals surface area contributed by atoms with Gasteiger partial charge in [0, 0.05) is 0 Å². The van der Waals surface area contributed by atoms with Crippen LogP contribution in [0.25, 0.3) is 0 Å². The average molecular weight is 202 g/mol. The summed E-state index contributed by atoms with van der Waals surface area (Å²) in [5.41, 5.74) is 3.43. The Labute approximate surface area is 99.6 Å². The molecule has 0 aromatic carbocycles. The van der Waals surface area contributed by atoms with Crippen molar-refractivity contribution in [3.63, 3.8) is 0 Å². The number of hydrogen-bond donors (Lipinski definition) is 0. The summed E-state index contributed by atoms with van der Waals surface area (Å²) in [6.07, 6.45) is 4.99. The first-order chi connectivity index (χ1) is 6.62. The molecule has 0 radical (unpaired) electrons. The number of rotatable bonds is 4. The van der Waals surface area contributed by atoms with Crippen LogP contribution in [0.5, 0.6) is 0 Å². The van der Waals surface area contributed by atoms with E-state index in [-0.39, 0.29) is 0 Å². The molecule has 0 N–H and O–H groups in total. The third kappa shape index (κ3) is 2.04. The van der Waals surface area contributed by atoms with Crippen LogP contribution in [-0.2, 0) is 0 Å². The number of allylic oxidation sites excluding steroid dienone is 2. The van der Waals surface area contributed by atoms with Gasteiger partial charge in [-0.15, -0.1) is 0 Å². The fraction of sp³-hybridized carbons (Fsp3) is 0.750. The van der Waals surface area contributed by atoms with Crippen molar-refractivity contribution in [1.82, 2.24) is 0 Å². The molecule has 0 aromatic heterocycles. The molecule has 1 atom stereocenters. The van der Waals surface area contributed by atoms with Crippen LogP contribution in [0.3, 0.4) is 0 Å². The fourth-order valence-corrected chi connectivity index (χ4v) is 4.30. The molecule has 0 aromatic rings. The second kappa shape index (κ2) is 5.02. The van der Waals surface area contributed by atoms with E-state index in [1.165, 1.54) is 25.7 Å². The molecule has 1 unspecified atom stereocenters. The Bertz CT molecular complexity index is 278. The molecule has 0 aliphatic carbocycles. The van der Waals surface area contributed by atoms with Crippen molar-refractivity contribution in [2.24, 2.45) is 0 Å². The quantitative estimate of drug-likeness (QED) is 0.478. The molecule has 0 saturated carbocycles. The predicted octanol–water partition coefficient (Wildman–Crippen LogP) is 3.92. The van der Waals surface area contributed by atoms with Crippen LogP contribution in [-0.4, -0.2) is 26.8 Å². The molecule has 0 spiro atoms. The summed E-state index contributed by atoms with van der Waals surface area (Å²) in [6.45, 7) is 9.24. The van der Waals surface area contributed by atoms with Gasteiger partial charge in [0.2, 0.25) is 0 Å². The van der Waals surface area contributed by atoms with E-state index >= 15 is 0 Å². The van der Waals surface area contributed by atoms with Gasteiger partial charge in [0.15, 0.2) is 0 Å². The van der Waals surface area contributed by atoms with Crippen molar-refractivity contribution < 1.29 is 0 Å². The molecule has 1 aliphatic rings. The van der Waals surface area contributed by atoms with Crippen LogP contribution in [0.2, 0.25) is 0 Å². The van der Waals surface area contributed by atoms with Gasteiger partial charge in [0.05, 0.1) is 0 Å². The van der Waals surface area contributed by atoms with Gasteiger partial charge in [-0.2, -0.15) is 0 Å². The summed E-state index contributed by atoms with van der Waals surface area (Å²) in [5.74, 6) is 0. The first-order valence-corrected chi connectivity index (χ1v) is 6.83. The molecule has 1 rings (SSSR count). The van der Waals surface area contributed by atoms with E-state index < -0.39 is 0 Å². The van der Waals surface area contributed by atoms with Crippen molar-refractivity contribution in [2.75, 3.05) is 0 Å². The van der Waals surface area contributed by atoms with Crippen LogP contribution in [0.4, 0.5) is 0 Å². The molecule has 2 heteroatoms. The second-order valence-electron chi connectivity index (χ2n) is 4.20. The van der Waals surface area contributed by atoms with Crippen molar-refractivity contribution in [1.29, 1.82) is 0 Å². The van der Waals surface area contributed by atoms with Crippen molar-refractivity contribution in [3.8, 4) is 0 Å². The maximum absolute atomic E-state index is 2.44. The molecule has 0 fully saturated rings. The Morgan fingerprint density at radius 2 is 1.71 bits per heavy atom. The maximum atomic E-state index is 2.44. The Morgan fingerprint density at radius 3 is 2.07 bits per heavy atom. The Kier molecular flexibility index (Phi) is 4.51. The second-order valence-corrected chi connectivity index (χ2v) is 5.95. The van der Waals surface area contributed by atoms with E-state index in [0.29, 0.717) is 3.83 Å². The summed E-state index contributed by atoms with van der Waals surface area (Å²) < 4.78 is 0.464. The monoisotopic (exact) mass is 202 g/mol. The molecule has 0 bridgehead atoms. The van der Waals surface area contributed by atoms with Crippen molar-refractivity contribution in [2.45, 2.75) is 57.2 Å². The zero-order valence-corrected chi connectivity index (χ0v) is 11.2. The molecule has 1 aliphatic heterocycles. The molecule has 0 amide bonds. The summed E-state index contributed by atoms with van der Waals surface area (Å²) in [6, 6.07) is 0. The van der Waals surface area contributed by atoms with E-state index in [4.69, 9.17) is 0 Å². The third-order valence-electron chi connectivity index (χ3n) is 3.47. The summed E-state index contributed by atoms with van der Waals surface area (Å²) in [4.78, 5) is 0. The molecular weight excluding hydrogens is 182 g/mol. The summed E-state index contributed by atoms with van der Waals surface area (Å²) in [5, 5.41) is 1.70. The van der Waals surface area contributed by atoms with Gasteiger partial charge < -0.3 is 0 Å². The standard InChI is InChI=1S/C12H20P.Li/c1-5-9-10(6-2)12(8-4)13-11(9)7-3;/h5-8H2,1-4H3;. The van der Waals surface area contributed by atoms with Crippen molar-refractivity contribution >= 4 is 31.2 Å². The summed E-state index contributed by atoms with van der Waals surface area (Å²) >= 11 is 2.44. The molecule has 0 saturated heterocycles. The zero-order valence-electron chi connectivity index (χ0n) is 10.3. The SMILES string of the molecule is [Li][C]1(CC)P=C(CC)C(CC)=C1CC. The minimum atomic E-state index is 0.464. The predicted molar refractivity (Wildman–Crippen MR) is 68.6 cm³/mol. The molecule has 14 heavy (non-hydrogen) atoms. The third-order valence-corrected chi connectivity index (χ3v) is 5.41. The Hall–Kier alpha value is 0.507. The normalized spacial score (nSPS) is 28.3. The van der Waals surface area contributed by atoms with Crippen LogP contribution in [0, 0.1) is 0 Å². The van der Waals surface area contributed by atoms with Crippen LogP contribution in [0.15, 0.2) is 11.1 Å². The van der Waals surface area contributed by atoms with Gasteiger partial charge in [-0.05, 0) is 0 Å². The Balaban J connectivity index is 3.15. The van der Waals surface area contributed by atoms with Gasteiger partial charge in [0.25, 0.3) is 0 Å². The molecule has 1 heterocycles. The van der Waals surface area contributed by atoms with Crippen molar-refractivity contribution in [3.05, 3.63) is 11.1 Å². The molecular formula is C12H20LiP. The fourth-order valence-electron chi connectivity index (χ4n) is 2.53. The van der Waals surface area contributed by atoms with E-state index in [1.54, 1.807) is 24.6 Å². The van der Waals surface area contributed by atoms with Crippen LogP contribution >= 0.6 is 8.20 Å². The summed E-state index contributed by atoms with van der Waals surface area (Å²) in [7, 11) is 1.59. The van der Waals surface area contributed by atoms with Crippen LogP contribution < -0.4 is 0 Å². The Morgan fingerprint density at radius 1 is 1.07 bits per heavy atom. The van der Waals surface area contributed by atoms with E-state index in [1.807, 2.05) is 0 Å². The topological polar surface area (TPSA) is 0 Å². The minimum absolute atomic E-state index is 0.464. The van der Waals surface area contributed by atoms with Gasteiger partial charge in [-0.3, -0.25) is 0 Å². The van der Waals surface area contributed by atoms with Crippen LogP contribution in [0.1, 0.15) is 53.4 Å². The van der Waals surface area contributed by atoms with E-state index in [2.05, 4.69) is 45.4 Å².